The van der Waals surface area contributed by atoms with Gasteiger partial charge in [0.05, 0.1) is 30.1 Å². The third-order valence-electron chi connectivity index (χ3n) is 7.73. The van der Waals surface area contributed by atoms with E-state index in [4.69, 9.17) is 0 Å². The van der Waals surface area contributed by atoms with Crippen LogP contribution in [-0.4, -0.2) is 63.7 Å². The van der Waals surface area contributed by atoms with Crippen LogP contribution in [0.3, 0.4) is 0 Å². The SMILES string of the molecule is C[C@H](CC(=O)N1CCC(O)(Cn2cnc3c(cnn3-c3ccc(-c4ccccc4)cc3)c2=O)CC1)n1cccn1. The standard InChI is InChI=1S/C30H31N7O3/c1-22(36-15-5-14-32-36)18-27(38)34-16-12-30(40,13-17-34)20-35-21-31-28-26(29(35)39)19-33-37(28)25-10-8-24(9-11-25)23-6-3-2-4-7-23/h2-11,14-15,19,21-22,40H,12-13,16-18,20H2,1H3/t22-/m1/s1. The summed E-state index contributed by atoms with van der Waals surface area (Å²) in [7, 11) is 0. The van der Waals surface area contributed by atoms with Gasteiger partial charge in [0.15, 0.2) is 5.65 Å². The summed E-state index contributed by atoms with van der Waals surface area (Å²) in [6.45, 7) is 2.94. The van der Waals surface area contributed by atoms with E-state index < -0.39 is 5.60 Å². The first-order chi connectivity index (χ1) is 19.4. The molecule has 1 atom stereocenters. The number of hydrogen-bond acceptors (Lipinski definition) is 6. The van der Waals surface area contributed by atoms with Gasteiger partial charge in [-0.15, -0.1) is 0 Å². The number of benzene rings is 2. The maximum atomic E-state index is 13.3. The Morgan fingerprint density at radius 2 is 1.73 bits per heavy atom. The van der Waals surface area contributed by atoms with Crippen LogP contribution in [0, 0.1) is 0 Å². The van der Waals surface area contributed by atoms with Crippen molar-refractivity contribution >= 4 is 16.9 Å². The highest BCUT2D eigenvalue weighted by molar-refractivity contribution is 5.77. The number of carbonyl (C=O) groups excluding carboxylic acids is 1. The van der Waals surface area contributed by atoms with E-state index in [1.165, 1.54) is 17.1 Å². The molecule has 4 heterocycles. The molecule has 0 spiro atoms. The molecule has 1 amide bonds. The average Bonchev–Trinajstić information content (AvgIpc) is 3.67. The van der Waals surface area contributed by atoms with Crippen molar-refractivity contribution in [3.05, 3.63) is 95.9 Å². The molecule has 0 saturated carbocycles. The fourth-order valence-electron chi connectivity index (χ4n) is 5.34. The van der Waals surface area contributed by atoms with Crippen molar-refractivity contribution < 1.29 is 9.90 Å². The molecular formula is C30H31N7O3. The summed E-state index contributed by atoms with van der Waals surface area (Å²) >= 11 is 0. The molecule has 0 aliphatic carbocycles. The molecule has 10 nitrogen and oxygen atoms in total. The Labute approximate surface area is 231 Å². The second kappa shape index (κ2) is 10.5. The zero-order valence-corrected chi connectivity index (χ0v) is 22.3. The Hall–Kier alpha value is -4.57. The van der Waals surface area contributed by atoms with E-state index in [1.54, 1.807) is 20.5 Å². The predicted molar refractivity (Wildman–Crippen MR) is 151 cm³/mol. The number of amides is 1. The first-order valence-electron chi connectivity index (χ1n) is 13.5. The highest BCUT2D eigenvalue weighted by Crippen LogP contribution is 2.26. The molecule has 40 heavy (non-hydrogen) atoms. The van der Waals surface area contributed by atoms with Crippen LogP contribution in [0.25, 0.3) is 27.8 Å². The van der Waals surface area contributed by atoms with Crippen LogP contribution in [0.2, 0.25) is 0 Å². The first kappa shape index (κ1) is 25.7. The van der Waals surface area contributed by atoms with Gasteiger partial charge in [0.2, 0.25) is 5.91 Å². The minimum Gasteiger partial charge on any atom is -0.388 e. The third-order valence-corrected chi connectivity index (χ3v) is 7.73. The number of piperidine rings is 1. The normalized spacial score (nSPS) is 15.8. The molecule has 6 rings (SSSR count). The number of aromatic nitrogens is 6. The highest BCUT2D eigenvalue weighted by Gasteiger charge is 2.35. The number of carbonyl (C=O) groups is 1. The average molecular weight is 538 g/mol. The van der Waals surface area contributed by atoms with Gasteiger partial charge < -0.3 is 10.0 Å². The maximum absolute atomic E-state index is 13.3. The lowest BCUT2D eigenvalue weighted by molar-refractivity contribution is -0.136. The van der Waals surface area contributed by atoms with E-state index in [0.29, 0.717) is 43.4 Å². The molecule has 1 aliphatic heterocycles. The molecular weight excluding hydrogens is 506 g/mol. The number of nitrogens with zero attached hydrogens (tertiary/aromatic N) is 7. The lowest BCUT2D eigenvalue weighted by Crippen LogP contribution is -2.49. The number of fused-ring (bicyclic) bond motifs is 1. The van der Waals surface area contributed by atoms with Crippen molar-refractivity contribution in [1.82, 2.24) is 34.0 Å². The van der Waals surface area contributed by atoms with Crippen LogP contribution in [0.5, 0.6) is 0 Å². The Kier molecular flexibility index (Phi) is 6.77. The van der Waals surface area contributed by atoms with Crippen LogP contribution in [0.15, 0.2) is 90.4 Å². The second-order valence-corrected chi connectivity index (χ2v) is 10.5. The Balaban J connectivity index is 1.13. The van der Waals surface area contributed by atoms with Crippen molar-refractivity contribution in [2.45, 2.75) is 44.4 Å². The van der Waals surface area contributed by atoms with Crippen LogP contribution in [0.4, 0.5) is 0 Å². The quantitative estimate of drug-likeness (QED) is 0.341. The molecule has 1 aliphatic rings. The van der Waals surface area contributed by atoms with Gasteiger partial charge in [0.25, 0.3) is 5.56 Å². The van der Waals surface area contributed by atoms with Gasteiger partial charge in [-0.2, -0.15) is 10.2 Å². The van der Waals surface area contributed by atoms with Gasteiger partial charge in [-0.05, 0) is 49.1 Å². The van der Waals surface area contributed by atoms with E-state index in [1.807, 2.05) is 61.7 Å². The summed E-state index contributed by atoms with van der Waals surface area (Å²) < 4.78 is 4.87. The molecule has 1 N–H and O–H groups in total. The summed E-state index contributed by atoms with van der Waals surface area (Å²) in [5.74, 6) is 0.0366. The summed E-state index contributed by atoms with van der Waals surface area (Å²) in [5, 5.41) is 20.3. The lowest BCUT2D eigenvalue weighted by atomic mass is 9.91. The zero-order valence-electron chi connectivity index (χ0n) is 22.3. The molecule has 0 radical (unpaired) electrons. The summed E-state index contributed by atoms with van der Waals surface area (Å²) in [6, 6.07) is 19.8. The van der Waals surface area contributed by atoms with E-state index in [9.17, 15) is 14.7 Å². The lowest BCUT2D eigenvalue weighted by Gasteiger charge is -2.38. The molecule has 0 bridgehead atoms. The van der Waals surface area contributed by atoms with Crippen LogP contribution in [0.1, 0.15) is 32.2 Å². The fourth-order valence-corrected chi connectivity index (χ4v) is 5.34. The summed E-state index contributed by atoms with van der Waals surface area (Å²) in [4.78, 5) is 32.5. The maximum Gasteiger partial charge on any atom is 0.264 e. The van der Waals surface area contributed by atoms with Gasteiger partial charge in [-0.1, -0.05) is 42.5 Å². The van der Waals surface area contributed by atoms with Crippen molar-refractivity contribution in [2.75, 3.05) is 13.1 Å². The number of rotatable bonds is 7. The minimum absolute atomic E-state index is 0.0366. The van der Waals surface area contributed by atoms with E-state index in [-0.39, 0.29) is 24.1 Å². The fraction of sp³-hybridized carbons (Fsp3) is 0.300. The molecule has 2 aromatic carbocycles. The summed E-state index contributed by atoms with van der Waals surface area (Å²) in [6.07, 6.45) is 7.66. The largest absolute Gasteiger partial charge is 0.388 e. The van der Waals surface area contributed by atoms with Crippen molar-refractivity contribution in [1.29, 1.82) is 0 Å². The van der Waals surface area contributed by atoms with Crippen molar-refractivity contribution in [2.24, 2.45) is 0 Å². The van der Waals surface area contributed by atoms with Crippen LogP contribution >= 0.6 is 0 Å². The molecule has 204 valence electrons. The Morgan fingerprint density at radius 1 is 1.00 bits per heavy atom. The Morgan fingerprint density at radius 3 is 2.42 bits per heavy atom. The number of likely N-dealkylation sites (tertiary alicyclic amines) is 1. The predicted octanol–water partition coefficient (Wildman–Crippen LogP) is 3.45. The first-order valence-corrected chi connectivity index (χ1v) is 13.5. The van der Waals surface area contributed by atoms with Crippen molar-refractivity contribution in [3.63, 3.8) is 0 Å². The smallest absolute Gasteiger partial charge is 0.264 e. The molecule has 3 aromatic heterocycles. The topological polar surface area (TPSA) is 111 Å². The highest BCUT2D eigenvalue weighted by atomic mass is 16.3. The van der Waals surface area contributed by atoms with Crippen LogP contribution in [-0.2, 0) is 11.3 Å². The van der Waals surface area contributed by atoms with Gasteiger partial charge >= 0.3 is 0 Å². The van der Waals surface area contributed by atoms with E-state index >= 15 is 0 Å². The molecule has 0 unspecified atom stereocenters. The molecule has 10 heteroatoms. The molecule has 1 saturated heterocycles. The van der Waals surface area contributed by atoms with Crippen LogP contribution < -0.4 is 5.56 Å². The minimum atomic E-state index is -1.10. The third kappa shape index (κ3) is 5.05. The van der Waals surface area contributed by atoms with Gasteiger partial charge in [-0.3, -0.25) is 18.8 Å². The molecule has 5 aromatic rings. The van der Waals surface area contributed by atoms with Gasteiger partial charge in [-0.25, -0.2) is 9.67 Å². The van der Waals surface area contributed by atoms with E-state index in [0.717, 1.165) is 16.8 Å². The Bertz CT molecular complexity index is 1670. The monoisotopic (exact) mass is 537 g/mol. The zero-order chi connectivity index (χ0) is 27.7. The van der Waals surface area contributed by atoms with E-state index in [2.05, 4.69) is 27.3 Å². The molecule has 1 fully saturated rings. The second-order valence-electron chi connectivity index (χ2n) is 10.5. The van der Waals surface area contributed by atoms with Crippen molar-refractivity contribution in [3.8, 4) is 16.8 Å². The van der Waals surface area contributed by atoms with Gasteiger partial charge in [0, 0.05) is 31.9 Å². The summed E-state index contributed by atoms with van der Waals surface area (Å²) in [5.41, 5.74) is 2.12. The number of aliphatic hydroxyl groups is 1. The van der Waals surface area contributed by atoms with Gasteiger partial charge in [0.1, 0.15) is 11.7 Å². The number of hydrogen-bond donors (Lipinski definition) is 1.